The minimum atomic E-state index is -1.59. The molecule has 0 saturated carbocycles. The van der Waals surface area contributed by atoms with Gasteiger partial charge >= 0.3 is 59.1 Å². The van der Waals surface area contributed by atoms with Gasteiger partial charge in [-0.1, -0.05) is 30.3 Å². The minimum absolute atomic E-state index is 0. The van der Waals surface area contributed by atoms with E-state index in [1.807, 2.05) is 30.3 Å². The van der Waals surface area contributed by atoms with E-state index in [-0.39, 0.29) is 65.5 Å². The first-order valence-corrected chi connectivity index (χ1v) is 4.57. The minimum Gasteiger partial charge on any atom is -0.549 e. The molecule has 1 aromatic rings. The SMILES string of the molecule is O=C([O-])C(CCc1ccccc1)C(=O)[O-].[Na+].[Na+]. The zero-order chi connectivity index (χ0) is 11.3. The Hall–Kier alpha value is 0.160. The van der Waals surface area contributed by atoms with Crippen molar-refractivity contribution in [2.45, 2.75) is 12.8 Å². The Morgan fingerprint density at radius 3 is 1.88 bits per heavy atom. The molecule has 0 aliphatic carbocycles. The summed E-state index contributed by atoms with van der Waals surface area (Å²) in [4.78, 5) is 20.9. The van der Waals surface area contributed by atoms with E-state index in [2.05, 4.69) is 0 Å². The first kappa shape index (κ1) is 19.5. The van der Waals surface area contributed by atoms with Gasteiger partial charge in [0.25, 0.3) is 0 Å². The molecule has 0 heterocycles. The third-order valence-corrected chi connectivity index (χ3v) is 2.13. The summed E-state index contributed by atoms with van der Waals surface area (Å²) in [5.74, 6) is -4.72. The largest absolute Gasteiger partial charge is 1.00 e. The number of carboxylic acids is 2. The maximum absolute atomic E-state index is 10.4. The van der Waals surface area contributed by atoms with Gasteiger partial charge in [0.2, 0.25) is 0 Å². The molecule has 0 atom stereocenters. The summed E-state index contributed by atoms with van der Waals surface area (Å²) in [6, 6.07) is 9.06. The topological polar surface area (TPSA) is 80.3 Å². The molecule has 0 unspecified atom stereocenters. The van der Waals surface area contributed by atoms with Crippen molar-refractivity contribution < 1.29 is 78.9 Å². The van der Waals surface area contributed by atoms with Crippen LogP contribution >= 0.6 is 0 Å². The second-order valence-electron chi connectivity index (χ2n) is 3.21. The van der Waals surface area contributed by atoms with Crippen molar-refractivity contribution in [3.8, 4) is 0 Å². The van der Waals surface area contributed by atoms with Gasteiger partial charge in [0.15, 0.2) is 0 Å². The number of rotatable bonds is 5. The number of aliphatic carboxylic acids is 2. The first-order valence-electron chi connectivity index (χ1n) is 4.57. The van der Waals surface area contributed by atoms with Gasteiger partial charge in [-0.2, -0.15) is 0 Å². The Kier molecular flexibility index (Phi) is 11.6. The second kappa shape index (κ2) is 10.1. The van der Waals surface area contributed by atoms with Crippen LogP contribution in [0.25, 0.3) is 0 Å². The van der Waals surface area contributed by atoms with Crippen LogP contribution in [0.5, 0.6) is 0 Å². The monoisotopic (exact) mass is 252 g/mol. The van der Waals surface area contributed by atoms with Crippen LogP contribution in [0.1, 0.15) is 12.0 Å². The van der Waals surface area contributed by atoms with Gasteiger partial charge in [0, 0.05) is 5.92 Å². The maximum Gasteiger partial charge on any atom is 1.00 e. The van der Waals surface area contributed by atoms with Crippen molar-refractivity contribution in [3.63, 3.8) is 0 Å². The van der Waals surface area contributed by atoms with Crippen molar-refractivity contribution in [1.82, 2.24) is 0 Å². The smallest absolute Gasteiger partial charge is 0.549 e. The van der Waals surface area contributed by atoms with Gasteiger partial charge in [-0.25, -0.2) is 0 Å². The molecule has 0 bridgehead atoms. The van der Waals surface area contributed by atoms with E-state index in [0.29, 0.717) is 6.42 Å². The average Bonchev–Trinajstić information content (AvgIpc) is 2.18. The van der Waals surface area contributed by atoms with Crippen LogP contribution in [0, 0.1) is 5.92 Å². The molecule has 0 radical (unpaired) electrons. The predicted molar refractivity (Wildman–Crippen MR) is 48.3 cm³/mol. The standard InChI is InChI=1S/C11H12O4.2Na/c12-10(13)9(11(14)15)7-6-8-4-2-1-3-5-8;;/h1-5,9H,6-7H2,(H,12,13)(H,14,15);;/q;2*+1/p-2. The van der Waals surface area contributed by atoms with Gasteiger partial charge in [-0.05, 0) is 18.4 Å². The number of carboxylic acid groups (broad SMARTS) is 2. The number of hydrogen-bond donors (Lipinski definition) is 0. The molecule has 0 spiro atoms. The van der Waals surface area contributed by atoms with E-state index in [1.54, 1.807) is 0 Å². The van der Waals surface area contributed by atoms with Crippen LogP contribution < -0.4 is 69.3 Å². The van der Waals surface area contributed by atoms with Gasteiger partial charge in [0.1, 0.15) is 0 Å². The number of hydrogen-bond acceptors (Lipinski definition) is 4. The average molecular weight is 252 g/mol. The summed E-state index contributed by atoms with van der Waals surface area (Å²) in [5.41, 5.74) is 0.894. The molecule has 4 nitrogen and oxygen atoms in total. The maximum atomic E-state index is 10.4. The normalized spacial score (nSPS) is 9.00. The molecule has 0 aliphatic heterocycles. The first-order chi connectivity index (χ1) is 7.11. The summed E-state index contributed by atoms with van der Waals surface area (Å²) in [6.07, 6.45) is 0.377. The van der Waals surface area contributed by atoms with Gasteiger partial charge in [-0.15, -0.1) is 0 Å². The molecule has 0 saturated heterocycles. The van der Waals surface area contributed by atoms with Crippen LogP contribution in [0.4, 0.5) is 0 Å². The molecular weight excluding hydrogens is 242 g/mol. The van der Waals surface area contributed by atoms with Crippen LogP contribution in [-0.4, -0.2) is 11.9 Å². The summed E-state index contributed by atoms with van der Waals surface area (Å²) < 4.78 is 0. The van der Waals surface area contributed by atoms with Gasteiger partial charge < -0.3 is 19.8 Å². The Morgan fingerprint density at radius 1 is 1.00 bits per heavy atom. The van der Waals surface area contributed by atoms with Crippen molar-refractivity contribution in [1.29, 1.82) is 0 Å². The van der Waals surface area contributed by atoms with E-state index in [1.165, 1.54) is 0 Å². The predicted octanol–water partition coefficient (Wildman–Crippen LogP) is -7.26. The zero-order valence-corrected chi connectivity index (χ0v) is 14.0. The third kappa shape index (κ3) is 7.24. The fourth-order valence-electron chi connectivity index (χ4n) is 1.29. The summed E-state index contributed by atoms with van der Waals surface area (Å²) >= 11 is 0. The van der Waals surface area contributed by atoms with E-state index in [4.69, 9.17) is 0 Å². The fraction of sp³-hybridized carbons (Fsp3) is 0.273. The van der Waals surface area contributed by atoms with Crippen molar-refractivity contribution in [2.75, 3.05) is 0 Å². The molecule has 6 heteroatoms. The van der Waals surface area contributed by atoms with Crippen LogP contribution in [0.2, 0.25) is 0 Å². The Labute approximate surface area is 144 Å². The van der Waals surface area contributed by atoms with Crippen molar-refractivity contribution in [2.24, 2.45) is 5.92 Å². The fourth-order valence-corrected chi connectivity index (χ4v) is 1.29. The molecule has 0 N–H and O–H groups in total. The summed E-state index contributed by atoms with van der Waals surface area (Å²) in [7, 11) is 0. The quantitative estimate of drug-likeness (QED) is 0.385. The van der Waals surface area contributed by atoms with Crippen molar-refractivity contribution >= 4 is 11.9 Å². The second-order valence-corrected chi connectivity index (χ2v) is 3.21. The molecule has 1 aromatic carbocycles. The molecular formula is C11H10Na2O4. The van der Waals surface area contributed by atoms with Crippen LogP contribution in [0.15, 0.2) is 30.3 Å². The number of aryl methyl sites for hydroxylation is 1. The van der Waals surface area contributed by atoms with Crippen LogP contribution in [-0.2, 0) is 16.0 Å². The van der Waals surface area contributed by atoms with E-state index >= 15 is 0 Å². The molecule has 17 heavy (non-hydrogen) atoms. The van der Waals surface area contributed by atoms with Crippen LogP contribution in [0.3, 0.4) is 0 Å². The zero-order valence-electron chi connectivity index (χ0n) is 10.0. The Morgan fingerprint density at radius 2 is 1.47 bits per heavy atom. The number of benzene rings is 1. The van der Waals surface area contributed by atoms with E-state index < -0.39 is 17.9 Å². The Balaban J connectivity index is 0. The van der Waals surface area contributed by atoms with Gasteiger partial charge in [-0.3, -0.25) is 0 Å². The molecule has 80 valence electrons. The van der Waals surface area contributed by atoms with E-state index in [9.17, 15) is 19.8 Å². The molecule has 0 aromatic heterocycles. The van der Waals surface area contributed by atoms with Gasteiger partial charge in [0.05, 0.1) is 11.9 Å². The summed E-state index contributed by atoms with van der Waals surface area (Å²) in [5, 5.41) is 20.9. The summed E-state index contributed by atoms with van der Waals surface area (Å²) in [6.45, 7) is 0. The number of carbonyl (C=O) groups is 2. The van der Waals surface area contributed by atoms with E-state index in [0.717, 1.165) is 5.56 Å². The Bertz CT molecular complexity index is 340. The third-order valence-electron chi connectivity index (χ3n) is 2.13. The molecule has 1 rings (SSSR count). The molecule has 0 aliphatic rings. The van der Waals surface area contributed by atoms with Crippen molar-refractivity contribution in [3.05, 3.63) is 35.9 Å². The molecule has 0 fully saturated rings. The molecule has 0 amide bonds. The number of carbonyl (C=O) groups excluding carboxylic acids is 2.